The van der Waals surface area contributed by atoms with E-state index in [4.69, 9.17) is 4.74 Å². The Bertz CT molecular complexity index is 633. The molecule has 1 saturated heterocycles. The number of β-amino-alcohol motifs (C(OH)–C–C–N with tert-alkyl or cyclic N) is 1. The number of aliphatic hydroxyl groups is 1. The SMILES string of the molecule is OC(COc1ccccc1F)CN1CCN(c2ccccn2)CC1. The van der Waals surface area contributed by atoms with E-state index >= 15 is 0 Å². The zero-order valence-electron chi connectivity index (χ0n) is 13.5. The largest absolute Gasteiger partial charge is 0.488 e. The van der Waals surface area contributed by atoms with Gasteiger partial charge in [-0.1, -0.05) is 18.2 Å². The molecule has 1 N–H and O–H groups in total. The summed E-state index contributed by atoms with van der Waals surface area (Å²) in [7, 11) is 0. The number of benzene rings is 1. The monoisotopic (exact) mass is 331 g/mol. The second-order valence-electron chi connectivity index (χ2n) is 5.87. The molecule has 2 aromatic rings. The summed E-state index contributed by atoms with van der Waals surface area (Å²) in [6.07, 6.45) is 1.15. The van der Waals surface area contributed by atoms with E-state index in [2.05, 4.69) is 14.8 Å². The van der Waals surface area contributed by atoms with Crippen LogP contribution in [0.3, 0.4) is 0 Å². The molecule has 0 aliphatic carbocycles. The third-order valence-electron chi connectivity index (χ3n) is 4.08. The Labute approximate surface area is 141 Å². The zero-order valence-corrected chi connectivity index (χ0v) is 13.5. The number of anilines is 1. The number of aliphatic hydroxyl groups excluding tert-OH is 1. The van der Waals surface area contributed by atoms with E-state index in [0.29, 0.717) is 6.54 Å². The van der Waals surface area contributed by atoms with Crippen molar-refractivity contribution in [1.29, 1.82) is 0 Å². The van der Waals surface area contributed by atoms with Gasteiger partial charge < -0.3 is 14.7 Å². The van der Waals surface area contributed by atoms with Crippen LogP contribution in [-0.2, 0) is 0 Å². The van der Waals surface area contributed by atoms with Gasteiger partial charge in [0.15, 0.2) is 11.6 Å². The molecule has 0 radical (unpaired) electrons. The van der Waals surface area contributed by atoms with E-state index in [0.717, 1.165) is 32.0 Å². The fourth-order valence-corrected chi connectivity index (χ4v) is 2.80. The standard InChI is InChI=1S/C18H22FN3O2/c19-16-5-1-2-6-17(16)24-14-15(23)13-21-9-11-22(12-10-21)18-7-3-4-8-20-18/h1-8,15,23H,9-14H2. The van der Waals surface area contributed by atoms with E-state index in [-0.39, 0.29) is 12.4 Å². The molecule has 0 bridgehead atoms. The predicted octanol–water partition coefficient (Wildman–Crippen LogP) is 1.78. The van der Waals surface area contributed by atoms with Crippen molar-refractivity contribution in [2.75, 3.05) is 44.2 Å². The number of para-hydroxylation sites is 1. The van der Waals surface area contributed by atoms with Crippen LogP contribution >= 0.6 is 0 Å². The average Bonchev–Trinajstić information content (AvgIpc) is 2.62. The highest BCUT2D eigenvalue weighted by molar-refractivity contribution is 5.38. The van der Waals surface area contributed by atoms with Crippen LogP contribution in [0, 0.1) is 5.82 Å². The van der Waals surface area contributed by atoms with Crippen LogP contribution in [0.1, 0.15) is 0 Å². The first-order valence-corrected chi connectivity index (χ1v) is 8.16. The third-order valence-corrected chi connectivity index (χ3v) is 4.08. The molecule has 1 atom stereocenters. The minimum Gasteiger partial charge on any atom is -0.488 e. The van der Waals surface area contributed by atoms with Crippen molar-refractivity contribution in [3.63, 3.8) is 0 Å². The Morgan fingerprint density at radius 2 is 1.83 bits per heavy atom. The summed E-state index contributed by atoms with van der Waals surface area (Å²) in [6, 6.07) is 12.1. The third kappa shape index (κ3) is 4.43. The van der Waals surface area contributed by atoms with Crippen LogP contribution < -0.4 is 9.64 Å². The van der Waals surface area contributed by atoms with Gasteiger partial charge in [-0.25, -0.2) is 9.37 Å². The Hall–Kier alpha value is -2.18. The first-order valence-electron chi connectivity index (χ1n) is 8.16. The van der Waals surface area contributed by atoms with Crippen LogP contribution in [0.15, 0.2) is 48.7 Å². The van der Waals surface area contributed by atoms with Crippen molar-refractivity contribution in [3.8, 4) is 5.75 Å². The predicted molar refractivity (Wildman–Crippen MR) is 90.8 cm³/mol. The van der Waals surface area contributed by atoms with Crippen molar-refractivity contribution >= 4 is 5.82 Å². The first kappa shape index (κ1) is 16.7. The van der Waals surface area contributed by atoms with Crippen LogP contribution in [0.2, 0.25) is 0 Å². The lowest BCUT2D eigenvalue weighted by Crippen LogP contribution is -2.49. The van der Waals surface area contributed by atoms with E-state index in [1.54, 1.807) is 24.4 Å². The molecular weight excluding hydrogens is 309 g/mol. The van der Waals surface area contributed by atoms with Gasteiger partial charge >= 0.3 is 0 Å². The smallest absolute Gasteiger partial charge is 0.165 e. The number of piperazine rings is 1. The van der Waals surface area contributed by atoms with Gasteiger partial charge in [-0.05, 0) is 24.3 Å². The Morgan fingerprint density at radius 3 is 2.54 bits per heavy atom. The number of hydrogen-bond donors (Lipinski definition) is 1. The van der Waals surface area contributed by atoms with Gasteiger partial charge in [0, 0.05) is 38.9 Å². The molecule has 1 aromatic heterocycles. The zero-order chi connectivity index (χ0) is 16.8. The highest BCUT2D eigenvalue weighted by atomic mass is 19.1. The quantitative estimate of drug-likeness (QED) is 0.874. The molecule has 2 heterocycles. The normalized spacial score (nSPS) is 16.8. The molecule has 1 unspecified atom stereocenters. The maximum absolute atomic E-state index is 13.5. The van der Waals surface area contributed by atoms with Crippen molar-refractivity contribution in [3.05, 3.63) is 54.5 Å². The molecule has 6 heteroatoms. The molecule has 0 saturated carbocycles. The number of ether oxygens (including phenoxy) is 1. The molecule has 5 nitrogen and oxygen atoms in total. The molecule has 1 aliphatic heterocycles. The molecular formula is C18H22FN3O2. The molecule has 3 rings (SSSR count). The molecule has 1 aromatic carbocycles. The van der Waals surface area contributed by atoms with Gasteiger partial charge in [0.25, 0.3) is 0 Å². The van der Waals surface area contributed by atoms with Gasteiger partial charge in [0.2, 0.25) is 0 Å². The fourth-order valence-electron chi connectivity index (χ4n) is 2.80. The Morgan fingerprint density at radius 1 is 1.08 bits per heavy atom. The highest BCUT2D eigenvalue weighted by Crippen LogP contribution is 2.16. The molecule has 1 fully saturated rings. The number of nitrogens with zero attached hydrogens (tertiary/aromatic N) is 3. The minimum absolute atomic E-state index is 0.0847. The van der Waals surface area contributed by atoms with Gasteiger partial charge in [0.1, 0.15) is 18.5 Å². The van der Waals surface area contributed by atoms with E-state index < -0.39 is 11.9 Å². The van der Waals surface area contributed by atoms with Crippen molar-refractivity contribution in [2.45, 2.75) is 6.10 Å². The summed E-state index contributed by atoms with van der Waals surface area (Å²) < 4.78 is 18.8. The molecule has 0 amide bonds. The number of hydrogen-bond acceptors (Lipinski definition) is 5. The second-order valence-corrected chi connectivity index (χ2v) is 5.87. The first-order chi connectivity index (χ1) is 11.7. The Kier molecular flexibility index (Phi) is 5.61. The minimum atomic E-state index is -0.647. The lowest BCUT2D eigenvalue weighted by Gasteiger charge is -2.36. The topological polar surface area (TPSA) is 48.8 Å². The molecule has 0 spiro atoms. The van der Waals surface area contributed by atoms with Crippen molar-refractivity contribution in [2.24, 2.45) is 0 Å². The van der Waals surface area contributed by atoms with Crippen LogP contribution in [0.5, 0.6) is 5.75 Å². The van der Waals surface area contributed by atoms with Gasteiger partial charge in [-0.15, -0.1) is 0 Å². The maximum atomic E-state index is 13.5. The van der Waals surface area contributed by atoms with Gasteiger partial charge in [0.05, 0.1) is 0 Å². The van der Waals surface area contributed by atoms with Crippen LogP contribution in [-0.4, -0.2) is 60.4 Å². The summed E-state index contributed by atoms with van der Waals surface area (Å²) in [4.78, 5) is 8.79. The molecule has 1 aliphatic rings. The van der Waals surface area contributed by atoms with E-state index in [9.17, 15) is 9.50 Å². The average molecular weight is 331 g/mol. The summed E-state index contributed by atoms with van der Waals surface area (Å²) in [5.41, 5.74) is 0. The van der Waals surface area contributed by atoms with Gasteiger partial charge in [-0.3, -0.25) is 4.90 Å². The van der Waals surface area contributed by atoms with Crippen molar-refractivity contribution in [1.82, 2.24) is 9.88 Å². The fraction of sp³-hybridized carbons (Fsp3) is 0.389. The van der Waals surface area contributed by atoms with Crippen molar-refractivity contribution < 1.29 is 14.2 Å². The maximum Gasteiger partial charge on any atom is 0.165 e. The van der Waals surface area contributed by atoms with E-state index in [1.807, 2.05) is 18.2 Å². The number of halogens is 1. The molecule has 24 heavy (non-hydrogen) atoms. The summed E-state index contributed by atoms with van der Waals surface area (Å²) in [5.74, 6) is 0.755. The lowest BCUT2D eigenvalue weighted by molar-refractivity contribution is 0.0649. The van der Waals surface area contributed by atoms with Gasteiger partial charge in [-0.2, -0.15) is 0 Å². The Balaban J connectivity index is 1.42. The molecule has 128 valence electrons. The van der Waals surface area contributed by atoms with E-state index in [1.165, 1.54) is 6.07 Å². The highest BCUT2D eigenvalue weighted by Gasteiger charge is 2.20. The number of rotatable bonds is 6. The summed E-state index contributed by atoms with van der Waals surface area (Å²) in [5, 5.41) is 10.1. The van der Waals surface area contributed by atoms with Crippen LogP contribution in [0.4, 0.5) is 10.2 Å². The number of aromatic nitrogens is 1. The van der Waals surface area contributed by atoms with Crippen LogP contribution in [0.25, 0.3) is 0 Å². The second kappa shape index (κ2) is 8.08. The summed E-state index contributed by atoms with van der Waals surface area (Å²) >= 11 is 0. The lowest BCUT2D eigenvalue weighted by atomic mass is 10.2. The number of pyridine rings is 1. The summed E-state index contributed by atoms with van der Waals surface area (Å²) in [6.45, 7) is 4.06.